The molecule has 0 radical (unpaired) electrons. The van der Waals surface area contributed by atoms with Crippen LogP contribution >= 0.6 is 0 Å². The first-order valence-corrected chi connectivity index (χ1v) is 25.4. The summed E-state index contributed by atoms with van der Waals surface area (Å²) >= 11 is 0. The molecule has 25 nitrogen and oxygen atoms in total. The third-order valence-electron chi connectivity index (χ3n) is 12.3. The van der Waals surface area contributed by atoms with Crippen molar-refractivity contribution in [1.82, 2.24) is 57.3 Å². The summed E-state index contributed by atoms with van der Waals surface area (Å²) in [6, 6.07) is -5.24. The summed E-state index contributed by atoms with van der Waals surface area (Å²) in [5.41, 5.74) is 11.6. The van der Waals surface area contributed by atoms with E-state index in [1.54, 1.807) is 46.8 Å². The number of carbonyl (C=O) groups is 10. The lowest BCUT2D eigenvalue weighted by Crippen LogP contribution is -2.62. The molecule has 0 aliphatic carbocycles. The Morgan fingerprint density at radius 2 is 1.42 bits per heavy atom. The van der Waals surface area contributed by atoms with Crippen molar-refractivity contribution in [1.29, 1.82) is 0 Å². The Labute approximate surface area is 434 Å². The molecule has 2 heterocycles. The lowest BCUT2D eigenvalue weighted by atomic mass is 9.96. The second-order valence-electron chi connectivity index (χ2n) is 19.1. The number of guanidine groups is 1. The highest BCUT2D eigenvalue weighted by Gasteiger charge is 2.40. The van der Waals surface area contributed by atoms with Gasteiger partial charge in [0.15, 0.2) is 5.96 Å². The fraction of sp³-hybridized carbons (Fsp3) is 0.673. The molecule has 1 fully saturated rings. The van der Waals surface area contributed by atoms with Gasteiger partial charge in [0.05, 0.1) is 19.2 Å². The smallest absolute Gasteiger partial charge is 0.245 e. The molecular weight excluding hydrogens is 961 g/mol. The largest absolute Gasteiger partial charge is 0.391 e. The van der Waals surface area contributed by atoms with Crippen molar-refractivity contribution in [2.75, 3.05) is 39.8 Å². The average Bonchev–Trinajstić information content (AvgIpc) is 3.84. The number of nitrogens with one attached hydrogen (secondary N) is 8. The first kappa shape index (κ1) is 63.2. The van der Waals surface area contributed by atoms with Crippen LogP contribution in [0.25, 0.3) is 0 Å². The van der Waals surface area contributed by atoms with Crippen LogP contribution in [-0.2, 0) is 54.4 Å². The van der Waals surface area contributed by atoms with E-state index in [1.165, 1.54) is 38.2 Å². The summed E-state index contributed by atoms with van der Waals surface area (Å²) in [7, 11) is 1.42. The van der Waals surface area contributed by atoms with Gasteiger partial charge in [0.25, 0.3) is 0 Å². The Morgan fingerprint density at radius 3 is 2.00 bits per heavy atom. The normalized spacial score (nSPS) is 16.3. The number of likely N-dealkylation sites (N-methyl/N-ethyl adjacent to an activating group) is 2. The number of aliphatic hydroxyl groups is 1. The molecule has 10 amide bonds. The number of hydrogen-bond donors (Lipinski definition) is 11. The molecule has 0 unspecified atom stereocenters. The number of rotatable bonds is 31. The molecule has 1 aliphatic rings. The van der Waals surface area contributed by atoms with Gasteiger partial charge in [-0.3, -0.25) is 57.9 Å². The van der Waals surface area contributed by atoms with Crippen LogP contribution < -0.4 is 54.0 Å². The van der Waals surface area contributed by atoms with Crippen molar-refractivity contribution < 1.29 is 53.1 Å². The van der Waals surface area contributed by atoms with Gasteiger partial charge in [0, 0.05) is 52.4 Å². The molecule has 414 valence electrons. The number of pyridine rings is 1. The minimum atomic E-state index is -1.65. The maximum Gasteiger partial charge on any atom is 0.245 e. The number of aliphatic imine (C=N–C) groups is 1. The highest BCUT2D eigenvalue weighted by molar-refractivity contribution is 5.98. The first-order valence-electron chi connectivity index (χ1n) is 25.4. The fourth-order valence-electron chi connectivity index (χ4n) is 8.00. The molecule has 74 heavy (non-hydrogen) atoms. The van der Waals surface area contributed by atoms with Crippen LogP contribution in [0.3, 0.4) is 0 Å². The van der Waals surface area contributed by atoms with Crippen molar-refractivity contribution in [3.05, 3.63) is 30.1 Å². The van der Waals surface area contributed by atoms with Crippen molar-refractivity contribution in [2.45, 2.75) is 162 Å². The minimum absolute atomic E-state index is 0.0501. The van der Waals surface area contributed by atoms with E-state index in [0.29, 0.717) is 50.8 Å². The third-order valence-corrected chi connectivity index (χ3v) is 12.3. The van der Waals surface area contributed by atoms with E-state index in [9.17, 15) is 53.1 Å². The predicted octanol–water partition coefficient (Wildman–Crippen LogP) is -2.42. The SMILES string of the molecule is CCC[C@H](NC(=O)[C@@H](NC(=O)[C@@H](CC(C)C)NC(=O)[C@H](Cc1cccnc1)NC(=O)CNC(=O)CN(C)C(C)=O)[C@@H](C)O)C(=O)N[C@H](C(=O)N[C@@H](CCCN=C(N)N)C(=O)N1CCC[C@H]1C(=O)NCC)[C@@H](C)CC. The van der Waals surface area contributed by atoms with Gasteiger partial charge in [-0.1, -0.05) is 53.5 Å². The summed E-state index contributed by atoms with van der Waals surface area (Å²) in [6.07, 6.45) is 3.76. The Morgan fingerprint density at radius 1 is 0.797 bits per heavy atom. The summed E-state index contributed by atoms with van der Waals surface area (Å²) in [4.78, 5) is 145. The van der Waals surface area contributed by atoms with E-state index in [4.69, 9.17) is 11.5 Å². The zero-order chi connectivity index (χ0) is 55.7. The number of aromatic nitrogens is 1. The molecule has 0 aromatic carbocycles. The van der Waals surface area contributed by atoms with E-state index in [-0.39, 0.29) is 62.5 Å². The standard InChI is InChI=1S/C49H82N14O11/c1-10-16-33(42(68)60-40(29(6)11-2)46(72)58-34(18-14-21-54-49(50)51)48(74)63-22-15-19-37(63)45(71)53-12-3)57-47(73)41(30(7)64)61-44(70)35(23-28(4)5)59-43(69)36(24-32-17-13-20-52-25-32)56-38(66)26-55-39(67)27-62(9)31(8)65/h13,17,20,25,28-30,33-37,40-41,64H,10-12,14-16,18-19,21-24,26-27H2,1-9H3,(H,53,71)(H,55,67)(H,56,66)(H,57,73)(H,58,72)(H,59,69)(H,60,68)(H,61,70)(H4,50,51,54)/t29-,30+,33-,34-,35+,36-,37-,40-,41-/m0/s1. The van der Waals surface area contributed by atoms with Crippen LogP contribution in [0.2, 0.25) is 0 Å². The van der Waals surface area contributed by atoms with Gasteiger partial charge in [-0.05, 0) is 75.8 Å². The van der Waals surface area contributed by atoms with Crippen LogP contribution in [0, 0.1) is 11.8 Å². The van der Waals surface area contributed by atoms with E-state index in [0.717, 1.165) is 4.90 Å². The second kappa shape index (κ2) is 32.3. The maximum absolute atomic E-state index is 14.2. The predicted molar refractivity (Wildman–Crippen MR) is 275 cm³/mol. The van der Waals surface area contributed by atoms with E-state index >= 15 is 0 Å². The molecule has 1 aliphatic heterocycles. The Hall–Kier alpha value is -6.92. The molecule has 9 atom stereocenters. The summed E-state index contributed by atoms with van der Waals surface area (Å²) in [6.45, 7) is 13.2. The quantitative estimate of drug-likeness (QED) is 0.0210. The molecule has 1 aromatic heterocycles. The number of amides is 10. The monoisotopic (exact) mass is 1040 g/mol. The topological polar surface area (TPSA) is 371 Å². The number of nitrogens with zero attached hydrogens (tertiary/aromatic N) is 4. The third kappa shape index (κ3) is 21.7. The lowest BCUT2D eigenvalue weighted by molar-refractivity contribution is -0.142. The van der Waals surface area contributed by atoms with Crippen molar-refractivity contribution >= 4 is 65.0 Å². The second-order valence-corrected chi connectivity index (χ2v) is 19.1. The maximum atomic E-state index is 14.2. The zero-order valence-corrected chi connectivity index (χ0v) is 44.5. The van der Waals surface area contributed by atoms with Crippen molar-refractivity contribution in [2.24, 2.45) is 28.3 Å². The number of aliphatic hydroxyl groups excluding tert-OH is 1. The van der Waals surface area contributed by atoms with Gasteiger partial charge in [0.2, 0.25) is 59.1 Å². The summed E-state index contributed by atoms with van der Waals surface area (Å²) in [5.74, 6) is -7.36. The minimum Gasteiger partial charge on any atom is -0.391 e. The van der Waals surface area contributed by atoms with Crippen molar-refractivity contribution in [3.63, 3.8) is 0 Å². The van der Waals surface area contributed by atoms with E-state index < -0.39 is 108 Å². The van der Waals surface area contributed by atoms with Gasteiger partial charge >= 0.3 is 0 Å². The number of likely N-dealkylation sites (tertiary alicyclic amines) is 1. The van der Waals surface area contributed by atoms with Gasteiger partial charge in [-0.25, -0.2) is 0 Å². The molecule has 0 saturated carbocycles. The van der Waals surface area contributed by atoms with Crippen LogP contribution in [0.5, 0.6) is 0 Å². The van der Waals surface area contributed by atoms with Gasteiger partial charge in [-0.15, -0.1) is 0 Å². The van der Waals surface area contributed by atoms with Gasteiger partial charge in [-0.2, -0.15) is 0 Å². The Bertz CT molecular complexity index is 2090. The molecule has 1 saturated heterocycles. The van der Waals surface area contributed by atoms with Gasteiger partial charge in [0.1, 0.15) is 42.3 Å². The highest BCUT2D eigenvalue weighted by Crippen LogP contribution is 2.21. The number of carbonyl (C=O) groups excluding carboxylic acids is 10. The molecule has 13 N–H and O–H groups in total. The average molecular weight is 1040 g/mol. The van der Waals surface area contributed by atoms with Crippen LogP contribution in [-0.4, -0.2) is 173 Å². The zero-order valence-electron chi connectivity index (χ0n) is 44.5. The molecule has 0 spiro atoms. The molecule has 0 bridgehead atoms. The summed E-state index contributed by atoms with van der Waals surface area (Å²) in [5, 5.41) is 32.0. The molecule has 2 rings (SSSR count). The fourth-order valence-corrected chi connectivity index (χ4v) is 8.00. The molecular formula is C49H82N14O11. The Balaban J connectivity index is 2.33. The molecule has 25 heteroatoms. The first-order chi connectivity index (χ1) is 34.9. The van der Waals surface area contributed by atoms with Crippen LogP contribution in [0.4, 0.5) is 0 Å². The highest BCUT2D eigenvalue weighted by atomic mass is 16.3. The van der Waals surface area contributed by atoms with Gasteiger partial charge < -0.3 is 68.9 Å². The number of hydrogen-bond acceptors (Lipinski definition) is 13. The summed E-state index contributed by atoms with van der Waals surface area (Å²) < 4.78 is 0. The van der Waals surface area contributed by atoms with Crippen LogP contribution in [0.15, 0.2) is 29.5 Å². The Kier molecular flexibility index (Phi) is 27.6. The molecule has 1 aromatic rings. The van der Waals surface area contributed by atoms with Crippen molar-refractivity contribution in [3.8, 4) is 0 Å². The lowest BCUT2D eigenvalue weighted by Gasteiger charge is -2.31. The van der Waals surface area contributed by atoms with E-state index in [2.05, 4.69) is 52.5 Å². The van der Waals surface area contributed by atoms with E-state index in [1.807, 2.05) is 6.92 Å². The number of nitrogens with two attached hydrogens (primary N) is 2. The van der Waals surface area contributed by atoms with Crippen LogP contribution in [0.1, 0.15) is 112 Å².